The second kappa shape index (κ2) is 8.00. The summed E-state index contributed by atoms with van der Waals surface area (Å²) in [5, 5.41) is 3.66. The number of nitrogens with zero attached hydrogens (tertiary/aromatic N) is 1. The number of ether oxygens (including phenoxy) is 1. The Morgan fingerprint density at radius 3 is 2.77 bits per heavy atom. The van der Waals surface area contributed by atoms with E-state index in [1.807, 2.05) is 24.3 Å². The molecule has 7 nitrogen and oxygen atoms in total. The molecule has 1 aromatic carbocycles. The minimum absolute atomic E-state index is 0.00259. The topological polar surface area (TPSA) is 101 Å². The number of anilines is 1. The summed E-state index contributed by atoms with van der Waals surface area (Å²) < 4.78 is 5.38. The van der Waals surface area contributed by atoms with Crippen LogP contribution in [0.15, 0.2) is 45.5 Å². The first-order valence-electron chi connectivity index (χ1n) is 10.1. The molecule has 0 amide bonds. The maximum absolute atomic E-state index is 13.2. The van der Waals surface area contributed by atoms with Crippen LogP contribution in [0.2, 0.25) is 0 Å². The van der Waals surface area contributed by atoms with E-state index >= 15 is 0 Å². The van der Waals surface area contributed by atoms with Gasteiger partial charge in [-0.15, -0.1) is 0 Å². The molecule has 1 unspecified atom stereocenters. The average Bonchev–Trinajstić information content (AvgIpc) is 2.69. The number of aromatic amines is 1. The molecule has 4 rings (SSSR count). The fourth-order valence-corrected chi connectivity index (χ4v) is 4.95. The second-order valence-electron chi connectivity index (χ2n) is 8.79. The van der Waals surface area contributed by atoms with Gasteiger partial charge in [0.05, 0.1) is 18.4 Å². The van der Waals surface area contributed by atoms with Crippen LogP contribution in [0.1, 0.15) is 50.7 Å². The van der Waals surface area contributed by atoms with Crippen LogP contribution in [-0.2, 0) is 9.59 Å². The van der Waals surface area contributed by atoms with Gasteiger partial charge in [0.1, 0.15) is 17.4 Å². The van der Waals surface area contributed by atoms with Gasteiger partial charge >= 0.3 is 0 Å². The molecule has 1 aromatic heterocycles. The molecule has 2 aromatic rings. The Bertz CT molecular complexity index is 1170. The lowest BCUT2D eigenvalue weighted by atomic mass is 9.69. The average molecular weight is 440 g/mol. The lowest BCUT2D eigenvalue weighted by Gasteiger charge is -2.38. The molecule has 0 bridgehead atoms. The number of Topliss-reactive ketones (excluding diaryl/α,β-unsaturated/α-hetero) is 2. The highest BCUT2D eigenvalue weighted by Gasteiger charge is 2.42. The van der Waals surface area contributed by atoms with Crippen molar-refractivity contribution in [2.24, 2.45) is 5.41 Å². The van der Waals surface area contributed by atoms with Crippen LogP contribution < -0.4 is 15.6 Å². The number of aromatic nitrogens is 2. The number of nitrogens with one attached hydrogen (secondary N) is 2. The number of carbonyl (C=O) groups is 2. The van der Waals surface area contributed by atoms with E-state index in [0.29, 0.717) is 40.7 Å². The Kier molecular flexibility index (Phi) is 5.51. The van der Waals surface area contributed by atoms with Crippen molar-refractivity contribution >= 4 is 29.1 Å². The Labute approximate surface area is 184 Å². The van der Waals surface area contributed by atoms with E-state index in [9.17, 15) is 14.4 Å². The van der Waals surface area contributed by atoms with Crippen LogP contribution in [0.3, 0.4) is 0 Å². The standard InChI is InChI=1S/C23H25N3O4S/c1-12(27)11-31-22-25-20-19(21(29)26-22)17(13-6-5-7-14(8-13)30-4)18-15(24-20)9-23(2,3)10-16(18)28/h5-8,17H,9-11H2,1-4H3,(H2,24,25,26,29). The molecule has 1 aliphatic heterocycles. The third kappa shape index (κ3) is 4.17. The Hall–Kier alpha value is -2.87. The fourth-order valence-electron chi connectivity index (χ4n) is 4.29. The summed E-state index contributed by atoms with van der Waals surface area (Å²) in [4.78, 5) is 45.2. The SMILES string of the molecule is COc1cccc(C2C3=C(CC(C)(C)CC3=O)Nc3nc(SCC(C)=O)[nH]c(=O)c32)c1. The maximum Gasteiger partial charge on any atom is 0.257 e. The summed E-state index contributed by atoms with van der Waals surface area (Å²) in [6, 6.07) is 7.44. The Morgan fingerprint density at radius 2 is 2.06 bits per heavy atom. The van der Waals surface area contributed by atoms with E-state index in [1.165, 1.54) is 18.7 Å². The second-order valence-corrected chi connectivity index (χ2v) is 9.76. The van der Waals surface area contributed by atoms with Gasteiger partial charge in [-0.05, 0) is 36.5 Å². The molecule has 1 aliphatic carbocycles. The predicted molar refractivity (Wildman–Crippen MR) is 120 cm³/mol. The van der Waals surface area contributed by atoms with Crippen molar-refractivity contribution in [3.8, 4) is 5.75 Å². The van der Waals surface area contributed by atoms with Gasteiger partial charge in [-0.25, -0.2) is 4.98 Å². The number of H-pyrrole nitrogens is 1. The Balaban J connectivity index is 1.90. The van der Waals surface area contributed by atoms with Crippen molar-refractivity contribution in [2.45, 2.75) is 44.7 Å². The number of hydrogen-bond donors (Lipinski definition) is 2. The highest BCUT2D eigenvalue weighted by Crippen LogP contribution is 2.48. The molecule has 162 valence electrons. The number of hydrogen-bond acceptors (Lipinski definition) is 7. The van der Waals surface area contributed by atoms with E-state index in [2.05, 4.69) is 29.1 Å². The third-order valence-corrected chi connectivity index (χ3v) is 6.56. The summed E-state index contributed by atoms with van der Waals surface area (Å²) in [6.45, 7) is 5.62. The number of thioether (sulfide) groups is 1. The summed E-state index contributed by atoms with van der Waals surface area (Å²) in [5.74, 6) is 0.811. The highest BCUT2D eigenvalue weighted by molar-refractivity contribution is 7.99. The monoisotopic (exact) mass is 439 g/mol. The Morgan fingerprint density at radius 1 is 1.29 bits per heavy atom. The first-order chi connectivity index (χ1) is 14.7. The van der Waals surface area contributed by atoms with Crippen LogP contribution in [-0.4, -0.2) is 34.4 Å². The van der Waals surface area contributed by atoms with E-state index in [1.54, 1.807) is 7.11 Å². The summed E-state index contributed by atoms with van der Waals surface area (Å²) in [5.41, 5.74) is 2.14. The van der Waals surface area contributed by atoms with Crippen LogP contribution in [0.5, 0.6) is 5.75 Å². The van der Waals surface area contributed by atoms with Gasteiger partial charge in [0.2, 0.25) is 0 Å². The van der Waals surface area contributed by atoms with Crippen molar-refractivity contribution in [1.82, 2.24) is 9.97 Å². The summed E-state index contributed by atoms with van der Waals surface area (Å²) >= 11 is 1.19. The molecule has 0 fully saturated rings. The summed E-state index contributed by atoms with van der Waals surface area (Å²) in [6.07, 6.45) is 1.10. The zero-order valence-corrected chi connectivity index (χ0v) is 18.8. The number of fused-ring (bicyclic) bond motifs is 1. The maximum atomic E-state index is 13.2. The number of methoxy groups -OCH3 is 1. The van der Waals surface area contributed by atoms with E-state index in [-0.39, 0.29) is 28.3 Å². The van der Waals surface area contributed by atoms with Crippen molar-refractivity contribution in [3.63, 3.8) is 0 Å². The molecule has 0 saturated carbocycles. The molecule has 0 radical (unpaired) electrons. The minimum Gasteiger partial charge on any atom is -0.497 e. The van der Waals surface area contributed by atoms with Gasteiger partial charge in [0.25, 0.3) is 5.56 Å². The zero-order chi connectivity index (χ0) is 22.3. The molecule has 1 atom stereocenters. The van der Waals surface area contributed by atoms with E-state index in [4.69, 9.17) is 4.74 Å². The van der Waals surface area contributed by atoms with Crippen molar-refractivity contribution in [2.75, 3.05) is 18.2 Å². The van der Waals surface area contributed by atoms with Crippen LogP contribution in [0.4, 0.5) is 5.82 Å². The molecule has 0 saturated heterocycles. The fraction of sp³-hybridized carbons (Fsp3) is 0.391. The van der Waals surface area contributed by atoms with Gasteiger partial charge in [0, 0.05) is 23.6 Å². The third-order valence-electron chi connectivity index (χ3n) is 5.54. The molecule has 2 aliphatic rings. The molecule has 0 spiro atoms. The molecular formula is C23H25N3O4S. The number of ketones is 2. The molecule has 2 heterocycles. The first kappa shape index (κ1) is 21.4. The molecule has 2 N–H and O–H groups in total. The van der Waals surface area contributed by atoms with E-state index in [0.717, 1.165) is 11.3 Å². The number of carbonyl (C=O) groups excluding carboxylic acids is 2. The van der Waals surface area contributed by atoms with Gasteiger partial charge in [-0.3, -0.25) is 14.4 Å². The lowest BCUT2D eigenvalue weighted by Crippen LogP contribution is -2.37. The quantitative estimate of drug-likeness (QED) is 0.541. The minimum atomic E-state index is -0.534. The molecular weight excluding hydrogens is 414 g/mol. The number of benzene rings is 1. The van der Waals surface area contributed by atoms with Crippen molar-refractivity contribution < 1.29 is 14.3 Å². The normalized spacial score (nSPS) is 19.4. The summed E-state index contributed by atoms with van der Waals surface area (Å²) in [7, 11) is 1.58. The predicted octanol–water partition coefficient (Wildman–Crippen LogP) is 3.66. The van der Waals surface area contributed by atoms with Crippen LogP contribution in [0.25, 0.3) is 0 Å². The molecule has 8 heteroatoms. The van der Waals surface area contributed by atoms with Crippen molar-refractivity contribution in [1.29, 1.82) is 0 Å². The largest absolute Gasteiger partial charge is 0.497 e. The number of rotatable bonds is 5. The van der Waals surface area contributed by atoms with Crippen LogP contribution >= 0.6 is 11.8 Å². The highest BCUT2D eigenvalue weighted by atomic mass is 32.2. The zero-order valence-electron chi connectivity index (χ0n) is 18.0. The smallest absolute Gasteiger partial charge is 0.257 e. The van der Waals surface area contributed by atoms with Crippen LogP contribution in [0, 0.1) is 5.41 Å². The van der Waals surface area contributed by atoms with Crippen molar-refractivity contribution in [3.05, 3.63) is 57.0 Å². The van der Waals surface area contributed by atoms with E-state index < -0.39 is 5.92 Å². The van der Waals surface area contributed by atoms with Gasteiger partial charge in [0.15, 0.2) is 10.9 Å². The molecule has 31 heavy (non-hydrogen) atoms. The number of allylic oxidation sites excluding steroid dienone is 2. The van der Waals surface area contributed by atoms with Gasteiger partial charge < -0.3 is 15.0 Å². The first-order valence-corrected chi connectivity index (χ1v) is 11.1. The lowest BCUT2D eigenvalue weighted by molar-refractivity contribution is -0.118. The van der Waals surface area contributed by atoms with Gasteiger partial charge in [-0.2, -0.15) is 0 Å². The van der Waals surface area contributed by atoms with Gasteiger partial charge in [-0.1, -0.05) is 37.7 Å².